The molecule has 2 aromatic carbocycles. The fourth-order valence-corrected chi connectivity index (χ4v) is 2.66. The van der Waals surface area contributed by atoms with Gasteiger partial charge in [0, 0.05) is 22.1 Å². The Balaban J connectivity index is 2.28. The molecule has 0 heterocycles. The van der Waals surface area contributed by atoms with E-state index in [1.807, 2.05) is 0 Å². The van der Waals surface area contributed by atoms with Crippen molar-refractivity contribution in [1.82, 2.24) is 0 Å². The minimum atomic E-state index is -0.453. The van der Waals surface area contributed by atoms with Crippen molar-refractivity contribution in [2.75, 3.05) is 0 Å². The third kappa shape index (κ3) is 3.20. The van der Waals surface area contributed by atoms with E-state index in [2.05, 4.69) is 15.9 Å². The second-order valence-corrected chi connectivity index (χ2v) is 5.22. The first-order valence-electron chi connectivity index (χ1n) is 5.92. The SMILES string of the molecule is NC(Cc1ccccc1[N+](=O)[O-])c1ccc(F)cc1Br. The zero-order valence-electron chi connectivity index (χ0n) is 10.4. The Morgan fingerprint density at radius 3 is 2.65 bits per heavy atom. The number of rotatable bonds is 4. The molecule has 0 radical (unpaired) electrons. The van der Waals surface area contributed by atoms with Crippen LogP contribution in [-0.2, 0) is 6.42 Å². The molecule has 1 atom stereocenters. The molecule has 20 heavy (non-hydrogen) atoms. The molecular weight excluding hydrogens is 327 g/mol. The van der Waals surface area contributed by atoms with Crippen LogP contribution >= 0.6 is 15.9 Å². The normalized spacial score (nSPS) is 12.2. The molecule has 0 bridgehead atoms. The molecular formula is C14H12BrFN2O2. The number of hydrogen-bond acceptors (Lipinski definition) is 3. The van der Waals surface area contributed by atoms with Gasteiger partial charge >= 0.3 is 0 Å². The van der Waals surface area contributed by atoms with Crippen LogP contribution in [0.4, 0.5) is 10.1 Å². The minimum Gasteiger partial charge on any atom is -0.324 e. The average Bonchev–Trinajstić information content (AvgIpc) is 2.38. The number of nitro benzene ring substituents is 1. The maximum atomic E-state index is 13.0. The molecule has 104 valence electrons. The van der Waals surface area contributed by atoms with E-state index in [0.29, 0.717) is 22.0 Å². The number of nitrogens with zero attached hydrogens (tertiary/aromatic N) is 1. The Labute approximate surface area is 123 Å². The van der Waals surface area contributed by atoms with Crippen molar-refractivity contribution >= 4 is 21.6 Å². The number of para-hydroxylation sites is 1. The quantitative estimate of drug-likeness (QED) is 0.681. The van der Waals surface area contributed by atoms with Crippen LogP contribution in [0.25, 0.3) is 0 Å². The molecule has 2 N–H and O–H groups in total. The smallest absolute Gasteiger partial charge is 0.272 e. The summed E-state index contributed by atoms with van der Waals surface area (Å²) >= 11 is 3.25. The third-order valence-electron chi connectivity index (χ3n) is 2.99. The molecule has 0 aliphatic rings. The lowest BCUT2D eigenvalue weighted by Gasteiger charge is -2.14. The average molecular weight is 339 g/mol. The maximum Gasteiger partial charge on any atom is 0.272 e. The Morgan fingerprint density at radius 1 is 1.30 bits per heavy atom. The summed E-state index contributed by atoms with van der Waals surface area (Å²) in [4.78, 5) is 10.5. The number of hydrogen-bond donors (Lipinski definition) is 1. The highest BCUT2D eigenvalue weighted by molar-refractivity contribution is 9.10. The Bertz CT molecular complexity index is 649. The number of halogens is 2. The summed E-state index contributed by atoms with van der Waals surface area (Å²) in [5.74, 6) is -0.362. The van der Waals surface area contributed by atoms with E-state index in [4.69, 9.17) is 5.73 Å². The van der Waals surface area contributed by atoms with Crippen molar-refractivity contribution in [2.24, 2.45) is 5.73 Å². The predicted molar refractivity (Wildman–Crippen MR) is 77.8 cm³/mol. The van der Waals surface area contributed by atoms with Crippen molar-refractivity contribution in [2.45, 2.75) is 12.5 Å². The lowest BCUT2D eigenvalue weighted by molar-refractivity contribution is -0.385. The second kappa shape index (κ2) is 6.11. The van der Waals surface area contributed by atoms with Crippen molar-refractivity contribution < 1.29 is 9.31 Å². The van der Waals surface area contributed by atoms with Gasteiger partial charge in [-0.25, -0.2) is 4.39 Å². The van der Waals surface area contributed by atoms with E-state index in [9.17, 15) is 14.5 Å². The van der Waals surface area contributed by atoms with E-state index in [-0.39, 0.29) is 11.5 Å². The first-order chi connectivity index (χ1) is 9.49. The minimum absolute atomic E-state index is 0.0428. The Morgan fingerprint density at radius 2 is 2.00 bits per heavy atom. The summed E-state index contributed by atoms with van der Waals surface area (Å²) in [5.41, 5.74) is 7.38. The zero-order chi connectivity index (χ0) is 14.7. The Hall–Kier alpha value is -1.79. The summed E-state index contributed by atoms with van der Waals surface area (Å²) in [6, 6.07) is 10.2. The fraction of sp³-hybridized carbons (Fsp3) is 0.143. The van der Waals surface area contributed by atoms with Gasteiger partial charge in [-0.3, -0.25) is 10.1 Å². The molecule has 0 amide bonds. The van der Waals surface area contributed by atoms with Crippen LogP contribution in [0.2, 0.25) is 0 Å². The standard InChI is InChI=1S/C14H12BrFN2O2/c15-12-8-10(16)5-6-11(12)13(17)7-9-3-1-2-4-14(9)18(19)20/h1-6,8,13H,7,17H2. The van der Waals surface area contributed by atoms with E-state index in [1.54, 1.807) is 24.3 Å². The van der Waals surface area contributed by atoms with Gasteiger partial charge in [0.2, 0.25) is 0 Å². The highest BCUT2D eigenvalue weighted by Gasteiger charge is 2.17. The summed E-state index contributed by atoms with van der Waals surface area (Å²) in [6.07, 6.45) is 0.307. The van der Waals surface area contributed by atoms with Crippen molar-refractivity contribution in [3.05, 3.63) is 74.0 Å². The monoisotopic (exact) mass is 338 g/mol. The third-order valence-corrected chi connectivity index (χ3v) is 3.68. The molecule has 4 nitrogen and oxygen atoms in total. The van der Waals surface area contributed by atoms with E-state index >= 15 is 0 Å². The molecule has 6 heteroatoms. The summed E-state index contributed by atoms with van der Waals surface area (Å²) in [7, 11) is 0. The number of nitrogens with two attached hydrogens (primary N) is 1. The van der Waals surface area contributed by atoms with Gasteiger partial charge in [0.1, 0.15) is 5.82 Å². The van der Waals surface area contributed by atoms with Gasteiger partial charge in [0.05, 0.1) is 4.92 Å². The van der Waals surface area contributed by atoms with Crippen molar-refractivity contribution in [3.8, 4) is 0 Å². The zero-order valence-corrected chi connectivity index (χ0v) is 12.0. The molecule has 2 aromatic rings. The number of nitro groups is 1. The molecule has 0 spiro atoms. The first-order valence-corrected chi connectivity index (χ1v) is 6.71. The summed E-state index contributed by atoms with van der Waals surface area (Å²) < 4.78 is 13.6. The van der Waals surface area contributed by atoms with Gasteiger partial charge in [-0.1, -0.05) is 40.2 Å². The maximum absolute atomic E-state index is 13.0. The summed E-state index contributed by atoms with van der Waals surface area (Å²) in [6.45, 7) is 0. The van der Waals surface area contributed by atoms with Crippen LogP contribution in [0.15, 0.2) is 46.9 Å². The lowest BCUT2D eigenvalue weighted by Crippen LogP contribution is -2.15. The molecule has 0 saturated carbocycles. The van der Waals surface area contributed by atoms with Crippen LogP contribution in [0.3, 0.4) is 0 Å². The van der Waals surface area contributed by atoms with Crippen LogP contribution in [0.5, 0.6) is 0 Å². The van der Waals surface area contributed by atoms with Crippen LogP contribution in [0.1, 0.15) is 17.2 Å². The van der Waals surface area contributed by atoms with Gasteiger partial charge in [-0.05, 0) is 24.1 Å². The summed E-state index contributed by atoms with van der Waals surface area (Å²) in [5, 5.41) is 11.0. The molecule has 0 saturated heterocycles. The topological polar surface area (TPSA) is 69.2 Å². The molecule has 0 fully saturated rings. The lowest BCUT2D eigenvalue weighted by atomic mass is 9.98. The number of benzene rings is 2. The van der Waals surface area contributed by atoms with Gasteiger partial charge in [0.15, 0.2) is 0 Å². The van der Waals surface area contributed by atoms with Gasteiger partial charge < -0.3 is 5.73 Å². The van der Waals surface area contributed by atoms with E-state index < -0.39 is 11.0 Å². The van der Waals surface area contributed by atoms with Crippen LogP contribution < -0.4 is 5.73 Å². The molecule has 0 aromatic heterocycles. The fourth-order valence-electron chi connectivity index (χ4n) is 2.01. The first kappa shape index (κ1) is 14.6. The Kier molecular flexibility index (Phi) is 4.46. The van der Waals surface area contributed by atoms with Gasteiger partial charge in [-0.15, -0.1) is 0 Å². The molecule has 0 aliphatic heterocycles. The van der Waals surface area contributed by atoms with Crippen molar-refractivity contribution in [1.29, 1.82) is 0 Å². The van der Waals surface area contributed by atoms with E-state index in [0.717, 1.165) is 0 Å². The highest BCUT2D eigenvalue weighted by Crippen LogP contribution is 2.28. The molecule has 1 unspecified atom stereocenters. The van der Waals surface area contributed by atoms with Crippen molar-refractivity contribution in [3.63, 3.8) is 0 Å². The second-order valence-electron chi connectivity index (χ2n) is 4.36. The highest BCUT2D eigenvalue weighted by atomic mass is 79.9. The van der Waals surface area contributed by atoms with E-state index in [1.165, 1.54) is 18.2 Å². The molecule has 2 rings (SSSR count). The van der Waals surface area contributed by atoms with Crippen LogP contribution in [-0.4, -0.2) is 4.92 Å². The predicted octanol–water partition coefficient (Wildman–Crippen LogP) is 3.74. The van der Waals surface area contributed by atoms with Gasteiger partial charge in [-0.2, -0.15) is 0 Å². The largest absolute Gasteiger partial charge is 0.324 e. The molecule has 0 aliphatic carbocycles. The van der Waals surface area contributed by atoms with Gasteiger partial charge in [0.25, 0.3) is 5.69 Å². The van der Waals surface area contributed by atoms with Crippen LogP contribution in [0, 0.1) is 15.9 Å².